The lowest BCUT2D eigenvalue weighted by atomic mass is 9.98. The third-order valence-corrected chi connectivity index (χ3v) is 9.82. The van der Waals surface area contributed by atoms with Crippen molar-refractivity contribution >= 4 is 44.1 Å². The number of nitrogens with zero attached hydrogens (tertiary/aromatic N) is 1. The Kier molecular flexibility index (Phi) is 8.66. The molecular weight excluding hydrogens is 516 g/mol. The van der Waals surface area contributed by atoms with Gasteiger partial charge in [-0.3, -0.25) is 9.59 Å². The molecule has 9 nitrogen and oxygen atoms in total. The number of ketones is 1. The van der Waals surface area contributed by atoms with E-state index in [0.717, 1.165) is 29.7 Å². The SMILES string of the molecule is CCOC(=O)c1c(NCC(=O)c2cccc(S(=O)(=O)N3CCC(C(=O)OCC)CC3)c2)sc2c1CCC2. The first-order valence-corrected chi connectivity index (χ1v) is 14.9. The van der Waals surface area contributed by atoms with Gasteiger partial charge >= 0.3 is 11.9 Å². The van der Waals surface area contributed by atoms with Gasteiger partial charge in [0.25, 0.3) is 0 Å². The summed E-state index contributed by atoms with van der Waals surface area (Å²) in [5.41, 5.74) is 1.77. The Morgan fingerprint density at radius 3 is 2.51 bits per heavy atom. The topological polar surface area (TPSA) is 119 Å². The Hall–Kier alpha value is -2.76. The number of sulfonamides is 1. The van der Waals surface area contributed by atoms with Crippen LogP contribution in [0.4, 0.5) is 5.00 Å². The molecule has 0 radical (unpaired) electrons. The van der Waals surface area contributed by atoms with Crippen molar-refractivity contribution in [3.63, 3.8) is 0 Å². The summed E-state index contributed by atoms with van der Waals surface area (Å²) in [6, 6.07) is 5.99. The van der Waals surface area contributed by atoms with Crippen molar-refractivity contribution < 1.29 is 32.3 Å². The van der Waals surface area contributed by atoms with Crippen molar-refractivity contribution in [3.05, 3.63) is 45.8 Å². The predicted octanol–water partition coefficient (Wildman–Crippen LogP) is 3.67. The Bertz CT molecular complexity index is 1280. The fourth-order valence-electron chi connectivity index (χ4n) is 4.78. The van der Waals surface area contributed by atoms with E-state index in [1.807, 2.05) is 0 Å². The molecule has 0 saturated carbocycles. The zero-order valence-corrected chi connectivity index (χ0v) is 22.7. The summed E-state index contributed by atoms with van der Waals surface area (Å²) in [5.74, 6) is -1.27. The van der Waals surface area contributed by atoms with Crippen molar-refractivity contribution in [2.24, 2.45) is 5.92 Å². The molecule has 37 heavy (non-hydrogen) atoms. The second-order valence-corrected chi connectivity index (χ2v) is 12.1. The van der Waals surface area contributed by atoms with Crippen LogP contribution in [0.25, 0.3) is 0 Å². The van der Waals surface area contributed by atoms with Gasteiger partial charge in [-0.15, -0.1) is 11.3 Å². The fraction of sp³-hybridized carbons (Fsp3) is 0.500. The second-order valence-electron chi connectivity index (χ2n) is 9.02. The lowest BCUT2D eigenvalue weighted by molar-refractivity contribution is -0.149. The highest BCUT2D eigenvalue weighted by molar-refractivity contribution is 7.89. The number of ether oxygens (including phenoxy) is 2. The number of fused-ring (bicyclic) bond motifs is 1. The minimum absolute atomic E-state index is 0.0373. The molecule has 1 aromatic heterocycles. The highest BCUT2D eigenvalue weighted by Gasteiger charge is 2.33. The maximum Gasteiger partial charge on any atom is 0.341 e. The molecule has 0 amide bonds. The molecule has 0 unspecified atom stereocenters. The van der Waals surface area contributed by atoms with Crippen LogP contribution < -0.4 is 5.32 Å². The highest BCUT2D eigenvalue weighted by atomic mass is 32.2. The van der Waals surface area contributed by atoms with Crippen LogP contribution in [0.2, 0.25) is 0 Å². The van der Waals surface area contributed by atoms with Crippen LogP contribution in [0.5, 0.6) is 0 Å². The molecule has 1 aliphatic carbocycles. The molecule has 1 saturated heterocycles. The molecule has 0 bridgehead atoms. The van der Waals surface area contributed by atoms with Crippen molar-refractivity contribution in [1.82, 2.24) is 4.31 Å². The van der Waals surface area contributed by atoms with Crippen LogP contribution in [0.15, 0.2) is 29.2 Å². The maximum absolute atomic E-state index is 13.2. The number of carbonyl (C=O) groups is 3. The molecule has 4 rings (SSSR count). The first-order chi connectivity index (χ1) is 17.8. The highest BCUT2D eigenvalue weighted by Crippen LogP contribution is 2.39. The van der Waals surface area contributed by atoms with Gasteiger partial charge in [0.2, 0.25) is 10.0 Å². The van der Waals surface area contributed by atoms with E-state index in [9.17, 15) is 22.8 Å². The summed E-state index contributed by atoms with van der Waals surface area (Å²) in [4.78, 5) is 38.7. The van der Waals surface area contributed by atoms with E-state index in [1.165, 1.54) is 27.8 Å². The number of esters is 2. The van der Waals surface area contributed by atoms with E-state index in [4.69, 9.17) is 9.47 Å². The Labute approximate surface area is 221 Å². The molecule has 200 valence electrons. The molecule has 2 aliphatic rings. The lowest BCUT2D eigenvalue weighted by Crippen LogP contribution is -2.40. The van der Waals surface area contributed by atoms with Crippen molar-refractivity contribution in [3.8, 4) is 0 Å². The number of thiophene rings is 1. The normalized spacial score (nSPS) is 16.3. The summed E-state index contributed by atoms with van der Waals surface area (Å²) in [7, 11) is -3.82. The number of rotatable bonds is 10. The molecule has 1 aromatic carbocycles. The average molecular weight is 549 g/mol. The third kappa shape index (κ3) is 5.89. The first-order valence-electron chi connectivity index (χ1n) is 12.6. The number of benzene rings is 1. The largest absolute Gasteiger partial charge is 0.466 e. The van der Waals surface area contributed by atoms with Crippen molar-refractivity contribution in [2.75, 3.05) is 38.2 Å². The monoisotopic (exact) mass is 548 g/mol. The summed E-state index contributed by atoms with van der Waals surface area (Å²) in [6.45, 7) is 4.41. The first kappa shape index (κ1) is 27.3. The van der Waals surface area contributed by atoms with Crippen LogP contribution in [0.3, 0.4) is 0 Å². The van der Waals surface area contributed by atoms with Gasteiger partial charge in [0.1, 0.15) is 5.00 Å². The predicted molar refractivity (Wildman–Crippen MR) is 140 cm³/mol. The van der Waals surface area contributed by atoms with Gasteiger partial charge in [0, 0.05) is 23.5 Å². The second kappa shape index (κ2) is 11.7. The number of nitrogens with one attached hydrogen (secondary N) is 1. The van der Waals surface area contributed by atoms with Gasteiger partial charge in [-0.2, -0.15) is 4.31 Å². The number of carbonyl (C=O) groups excluding carboxylic acids is 3. The average Bonchev–Trinajstić information content (AvgIpc) is 3.49. The minimum Gasteiger partial charge on any atom is -0.466 e. The van der Waals surface area contributed by atoms with Gasteiger partial charge in [0.05, 0.1) is 36.1 Å². The van der Waals surface area contributed by atoms with Gasteiger partial charge < -0.3 is 14.8 Å². The number of Topliss-reactive ketones (excluding diaryl/α,β-unsaturated/α-hetero) is 1. The van der Waals surface area contributed by atoms with Crippen LogP contribution in [-0.4, -0.2) is 63.3 Å². The molecule has 1 aliphatic heterocycles. The van der Waals surface area contributed by atoms with Crippen LogP contribution >= 0.6 is 11.3 Å². The van der Waals surface area contributed by atoms with Gasteiger partial charge in [-0.05, 0) is 63.6 Å². The van der Waals surface area contributed by atoms with E-state index >= 15 is 0 Å². The number of hydrogen-bond acceptors (Lipinski definition) is 9. The molecule has 2 aromatic rings. The number of aryl methyl sites for hydroxylation is 1. The van der Waals surface area contributed by atoms with E-state index in [0.29, 0.717) is 30.0 Å². The Morgan fingerprint density at radius 2 is 1.81 bits per heavy atom. The molecule has 1 N–H and O–H groups in total. The number of anilines is 1. The molecule has 0 atom stereocenters. The summed E-state index contributed by atoms with van der Waals surface area (Å²) in [5, 5.41) is 3.71. The molecule has 11 heteroatoms. The van der Waals surface area contributed by atoms with Crippen LogP contribution in [0, 0.1) is 5.92 Å². The van der Waals surface area contributed by atoms with Gasteiger partial charge in [-0.1, -0.05) is 12.1 Å². The molecule has 0 spiro atoms. The number of hydrogen-bond donors (Lipinski definition) is 1. The standard InChI is InChI=1S/C26H32N2O7S2/c1-3-34-25(30)17-11-13-28(14-12-17)37(32,33)19-8-5-7-18(15-19)21(29)16-27-24-23(26(31)35-4-2)20-9-6-10-22(20)36-24/h5,7-8,15,17,27H,3-4,6,9-14,16H2,1-2H3. The van der Waals surface area contributed by atoms with E-state index in [1.54, 1.807) is 26.0 Å². The lowest BCUT2D eigenvalue weighted by Gasteiger charge is -2.30. The summed E-state index contributed by atoms with van der Waals surface area (Å²) < 4.78 is 38.1. The van der Waals surface area contributed by atoms with Crippen molar-refractivity contribution in [1.29, 1.82) is 0 Å². The third-order valence-electron chi connectivity index (χ3n) is 6.68. The Balaban J connectivity index is 1.44. The van der Waals surface area contributed by atoms with Crippen molar-refractivity contribution in [2.45, 2.75) is 50.8 Å². The van der Waals surface area contributed by atoms with Crippen LogP contribution in [-0.2, 0) is 37.1 Å². The number of piperidine rings is 1. The fourth-order valence-corrected chi connectivity index (χ4v) is 7.57. The Morgan fingerprint density at radius 1 is 1.08 bits per heavy atom. The van der Waals surface area contributed by atoms with E-state index in [2.05, 4.69) is 5.32 Å². The maximum atomic E-state index is 13.2. The minimum atomic E-state index is -3.82. The smallest absolute Gasteiger partial charge is 0.341 e. The van der Waals surface area contributed by atoms with Gasteiger partial charge in [-0.25, -0.2) is 13.2 Å². The molecular formula is C26H32N2O7S2. The summed E-state index contributed by atoms with van der Waals surface area (Å²) in [6.07, 6.45) is 3.50. The van der Waals surface area contributed by atoms with E-state index < -0.39 is 16.0 Å². The zero-order valence-electron chi connectivity index (χ0n) is 21.1. The summed E-state index contributed by atoms with van der Waals surface area (Å²) >= 11 is 1.47. The van der Waals surface area contributed by atoms with Gasteiger partial charge in [0.15, 0.2) is 5.78 Å². The quantitative estimate of drug-likeness (QED) is 0.353. The molecule has 1 fully saturated rings. The zero-order chi connectivity index (χ0) is 26.6. The van der Waals surface area contributed by atoms with Crippen LogP contribution in [0.1, 0.15) is 64.3 Å². The molecule has 2 heterocycles. The van der Waals surface area contributed by atoms with E-state index in [-0.39, 0.29) is 54.4 Å².